The lowest BCUT2D eigenvalue weighted by Crippen LogP contribution is -2.57. The Hall–Kier alpha value is -1.43. The third-order valence-electron chi connectivity index (χ3n) is 3.86. The van der Waals surface area contributed by atoms with E-state index in [0.29, 0.717) is 11.8 Å². The fourth-order valence-electron chi connectivity index (χ4n) is 2.50. The van der Waals surface area contributed by atoms with Gasteiger partial charge in [0.25, 0.3) is 0 Å². The third-order valence-corrected chi connectivity index (χ3v) is 3.86. The monoisotopic (exact) mass is 250 g/mol. The van der Waals surface area contributed by atoms with Gasteiger partial charge in [-0.2, -0.15) is 15.0 Å². The zero-order valence-corrected chi connectivity index (χ0v) is 11.6. The summed E-state index contributed by atoms with van der Waals surface area (Å²) in [6.45, 7) is 2.75. The van der Waals surface area contributed by atoms with Crippen molar-refractivity contribution in [1.29, 1.82) is 0 Å². The fourth-order valence-corrected chi connectivity index (χ4v) is 2.50. The largest absolute Gasteiger partial charge is 0.368 e. The minimum atomic E-state index is 0.254. The van der Waals surface area contributed by atoms with Crippen LogP contribution in [0.5, 0.6) is 0 Å². The molecule has 0 spiro atoms. The highest BCUT2D eigenvalue weighted by atomic mass is 15.3. The number of nitrogens with zero attached hydrogens (tertiary/aromatic N) is 5. The van der Waals surface area contributed by atoms with Crippen LogP contribution in [0.2, 0.25) is 0 Å². The van der Waals surface area contributed by atoms with Gasteiger partial charge in [-0.1, -0.05) is 0 Å². The van der Waals surface area contributed by atoms with Crippen LogP contribution < -0.4 is 10.6 Å². The maximum Gasteiger partial charge on any atom is 0.230 e. The summed E-state index contributed by atoms with van der Waals surface area (Å²) in [6, 6.07) is 0. The van der Waals surface area contributed by atoms with Crippen molar-refractivity contribution in [3.05, 3.63) is 5.82 Å². The molecular weight excluding hydrogens is 228 g/mol. The van der Waals surface area contributed by atoms with Gasteiger partial charge in [0.1, 0.15) is 5.82 Å². The van der Waals surface area contributed by atoms with E-state index >= 15 is 0 Å². The molecule has 6 nitrogen and oxygen atoms in total. The van der Waals surface area contributed by atoms with Crippen LogP contribution in [-0.4, -0.2) is 53.1 Å². The first-order valence-corrected chi connectivity index (χ1v) is 6.30. The normalized spacial score (nSPS) is 17.6. The van der Waals surface area contributed by atoms with E-state index in [1.54, 1.807) is 0 Å². The molecule has 0 bridgehead atoms. The van der Waals surface area contributed by atoms with Gasteiger partial charge in [0.15, 0.2) is 0 Å². The second kappa shape index (κ2) is 4.68. The molecule has 0 amide bonds. The van der Waals surface area contributed by atoms with Crippen LogP contribution >= 0.6 is 0 Å². The molecule has 100 valence electrons. The Morgan fingerprint density at radius 1 is 1.17 bits per heavy atom. The molecule has 1 aromatic rings. The molecule has 1 aliphatic rings. The minimum Gasteiger partial charge on any atom is -0.368 e. The van der Waals surface area contributed by atoms with Crippen molar-refractivity contribution in [1.82, 2.24) is 19.9 Å². The van der Waals surface area contributed by atoms with E-state index < -0.39 is 0 Å². The number of nitrogen functional groups attached to an aromatic ring is 1. The first-order chi connectivity index (χ1) is 8.43. The van der Waals surface area contributed by atoms with Crippen molar-refractivity contribution in [3.63, 3.8) is 0 Å². The molecule has 1 aliphatic carbocycles. The number of likely N-dealkylation sites (N-methyl/N-ethyl adjacent to an activating group) is 2. The Morgan fingerprint density at radius 3 is 2.28 bits per heavy atom. The molecule has 0 radical (unpaired) electrons. The van der Waals surface area contributed by atoms with E-state index in [-0.39, 0.29) is 11.5 Å². The molecule has 1 saturated carbocycles. The lowest BCUT2D eigenvalue weighted by Gasteiger charge is -2.49. The summed E-state index contributed by atoms with van der Waals surface area (Å²) in [6.07, 6.45) is 3.75. The molecule has 1 aromatic heterocycles. The van der Waals surface area contributed by atoms with Crippen LogP contribution in [-0.2, 0) is 0 Å². The molecular formula is C12H22N6. The third kappa shape index (κ3) is 2.38. The molecule has 18 heavy (non-hydrogen) atoms. The summed E-state index contributed by atoms with van der Waals surface area (Å²) < 4.78 is 0. The van der Waals surface area contributed by atoms with E-state index in [0.717, 1.165) is 6.54 Å². The maximum absolute atomic E-state index is 5.67. The zero-order valence-electron chi connectivity index (χ0n) is 11.6. The molecule has 0 atom stereocenters. The maximum atomic E-state index is 5.67. The SMILES string of the molecule is Cc1nc(N)nc(N(C)CC2(N(C)C)CCC2)n1. The Morgan fingerprint density at radius 2 is 1.83 bits per heavy atom. The standard InChI is InChI=1S/C12H22N6/c1-9-14-10(13)16-11(15-9)18(4)8-12(17(2)3)6-5-7-12/h5-8H2,1-4H3,(H2,13,14,15,16). The fraction of sp³-hybridized carbons (Fsp3) is 0.750. The summed E-state index contributed by atoms with van der Waals surface area (Å²) >= 11 is 0. The average Bonchev–Trinajstić information content (AvgIpc) is 2.21. The predicted octanol–water partition coefficient (Wildman–Crippen LogP) is 0.683. The Bertz CT molecular complexity index is 406. The number of hydrogen-bond acceptors (Lipinski definition) is 6. The molecule has 0 unspecified atom stereocenters. The van der Waals surface area contributed by atoms with Gasteiger partial charge in [-0.05, 0) is 40.3 Å². The van der Waals surface area contributed by atoms with Gasteiger partial charge in [-0.15, -0.1) is 0 Å². The molecule has 0 saturated heterocycles. The van der Waals surface area contributed by atoms with E-state index in [2.05, 4.69) is 38.8 Å². The van der Waals surface area contributed by atoms with Gasteiger partial charge in [-0.3, -0.25) is 0 Å². The first-order valence-electron chi connectivity index (χ1n) is 6.30. The highest BCUT2D eigenvalue weighted by Crippen LogP contribution is 2.37. The van der Waals surface area contributed by atoms with E-state index in [9.17, 15) is 0 Å². The molecule has 2 rings (SSSR count). The molecule has 6 heteroatoms. The average molecular weight is 250 g/mol. The van der Waals surface area contributed by atoms with Crippen LogP contribution in [0.4, 0.5) is 11.9 Å². The van der Waals surface area contributed by atoms with Crippen LogP contribution in [0.1, 0.15) is 25.1 Å². The van der Waals surface area contributed by atoms with Gasteiger partial charge in [-0.25, -0.2) is 0 Å². The van der Waals surface area contributed by atoms with Gasteiger partial charge >= 0.3 is 0 Å². The Kier molecular flexibility index (Phi) is 3.38. The quantitative estimate of drug-likeness (QED) is 0.847. The smallest absolute Gasteiger partial charge is 0.230 e. The van der Waals surface area contributed by atoms with E-state index in [4.69, 9.17) is 5.73 Å². The summed E-state index contributed by atoms with van der Waals surface area (Å²) in [4.78, 5) is 16.9. The summed E-state index contributed by atoms with van der Waals surface area (Å²) in [5.41, 5.74) is 5.92. The Labute approximate surface area is 108 Å². The van der Waals surface area contributed by atoms with Gasteiger partial charge in [0, 0.05) is 19.1 Å². The van der Waals surface area contributed by atoms with Crippen molar-refractivity contribution in [3.8, 4) is 0 Å². The number of rotatable bonds is 4. The second-order valence-corrected chi connectivity index (χ2v) is 5.37. The number of anilines is 2. The highest BCUT2D eigenvalue weighted by molar-refractivity contribution is 5.34. The van der Waals surface area contributed by atoms with Crippen LogP contribution in [0.3, 0.4) is 0 Å². The number of aryl methyl sites for hydroxylation is 1. The van der Waals surface area contributed by atoms with Crippen LogP contribution in [0, 0.1) is 6.92 Å². The zero-order chi connectivity index (χ0) is 13.3. The summed E-state index contributed by atoms with van der Waals surface area (Å²) in [5.74, 6) is 1.61. The number of nitrogens with two attached hydrogens (primary N) is 1. The van der Waals surface area contributed by atoms with Crippen molar-refractivity contribution < 1.29 is 0 Å². The van der Waals surface area contributed by atoms with E-state index in [1.165, 1.54) is 19.3 Å². The van der Waals surface area contributed by atoms with Crippen molar-refractivity contribution in [2.45, 2.75) is 31.7 Å². The molecule has 2 N–H and O–H groups in total. The van der Waals surface area contributed by atoms with Crippen LogP contribution in [0.15, 0.2) is 0 Å². The second-order valence-electron chi connectivity index (χ2n) is 5.37. The predicted molar refractivity (Wildman–Crippen MR) is 72.5 cm³/mol. The Balaban J connectivity index is 2.14. The van der Waals surface area contributed by atoms with Crippen LogP contribution in [0.25, 0.3) is 0 Å². The molecule has 1 fully saturated rings. The highest BCUT2D eigenvalue weighted by Gasteiger charge is 2.40. The van der Waals surface area contributed by atoms with Crippen molar-refractivity contribution >= 4 is 11.9 Å². The summed E-state index contributed by atoms with van der Waals surface area (Å²) in [7, 11) is 6.29. The minimum absolute atomic E-state index is 0.254. The topological polar surface area (TPSA) is 71.2 Å². The lowest BCUT2D eigenvalue weighted by atomic mass is 9.75. The summed E-state index contributed by atoms with van der Waals surface area (Å²) in [5, 5.41) is 0. The molecule has 1 heterocycles. The number of hydrogen-bond donors (Lipinski definition) is 1. The van der Waals surface area contributed by atoms with Crippen molar-refractivity contribution in [2.75, 3.05) is 38.3 Å². The van der Waals surface area contributed by atoms with Gasteiger partial charge < -0.3 is 15.5 Å². The first kappa shape index (κ1) is 13.0. The molecule has 0 aromatic carbocycles. The van der Waals surface area contributed by atoms with Crippen molar-refractivity contribution in [2.24, 2.45) is 0 Å². The van der Waals surface area contributed by atoms with Gasteiger partial charge in [0.2, 0.25) is 11.9 Å². The lowest BCUT2D eigenvalue weighted by molar-refractivity contribution is 0.0680. The number of aromatic nitrogens is 3. The molecule has 0 aliphatic heterocycles. The van der Waals surface area contributed by atoms with E-state index in [1.807, 2.05) is 14.0 Å². The van der Waals surface area contributed by atoms with Gasteiger partial charge in [0.05, 0.1) is 0 Å².